The summed E-state index contributed by atoms with van der Waals surface area (Å²) in [6, 6.07) is 4.14. The number of carbonyl (C=O) groups is 1. The van der Waals surface area contributed by atoms with E-state index in [0.29, 0.717) is 5.92 Å². The Hall–Kier alpha value is -1.37. The van der Waals surface area contributed by atoms with Crippen molar-refractivity contribution in [2.24, 2.45) is 5.92 Å². The van der Waals surface area contributed by atoms with Crippen LogP contribution in [0.4, 0.5) is 5.69 Å². The zero-order valence-corrected chi connectivity index (χ0v) is 13.9. The van der Waals surface area contributed by atoms with Crippen LogP contribution in [0.1, 0.15) is 30.6 Å². The minimum absolute atomic E-state index is 0. The molecule has 22 heavy (non-hydrogen) atoms. The van der Waals surface area contributed by atoms with Crippen LogP contribution in [-0.4, -0.2) is 29.5 Å². The minimum atomic E-state index is -0.591. The SMILES string of the molecule is CC1CCNC(C)C1NC(=O)c1ccc(Cl)cc1[N+](=O)[O-].Cl. The number of nitro groups is 1. The van der Waals surface area contributed by atoms with E-state index >= 15 is 0 Å². The Bertz CT molecular complexity index is 558. The third kappa shape index (κ3) is 4.09. The quantitative estimate of drug-likeness (QED) is 0.650. The number of amides is 1. The molecule has 1 saturated heterocycles. The van der Waals surface area contributed by atoms with Crippen LogP contribution in [0.2, 0.25) is 5.02 Å². The number of carbonyl (C=O) groups excluding carboxylic acids is 1. The summed E-state index contributed by atoms with van der Waals surface area (Å²) in [5.74, 6) is -0.123. The van der Waals surface area contributed by atoms with Gasteiger partial charge < -0.3 is 10.6 Å². The van der Waals surface area contributed by atoms with Crippen molar-refractivity contribution in [2.75, 3.05) is 6.54 Å². The molecule has 0 saturated carbocycles. The van der Waals surface area contributed by atoms with Gasteiger partial charge in [0.25, 0.3) is 11.6 Å². The van der Waals surface area contributed by atoms with Crippen LogP contribution in [0, 0.1) is 16.0 Å². The number of nitro benzene ring substituents is 1. The van der Waals surface area contributed by atoms with Crippen molar-refractivity contribution < 1.29 is 9.72 Å². The lowest BCUT2D eigenvalue weighted by Crippen LogP contribution is -2.55. The standard InChI is InChI=1S/C14H18ClN3O3.ClH/c1-8-5-6-16-9(2)13(8)17-14(19)11-4-3-10(15)7-12(11)18(20)21;/h3-4,7-9,13,16H,5-6H2,1-2H3,(H,17,19);1H. The van der Waals surface area contributed by atoms with Crippen molar-refractivity contribution >= 4 is 35.6 Å². The average molecular weight is 348 g/mol. The molecule has 0 spiro atoms. The largest absolute Gasteiger partial charge is 0.347 e. The molecular weight excluding hydrogens is 329 g/mol. The van der Waals surface area contributed by atoms with E-state index in [-0.39, 0.29) is 40.8 Å². The first-order valence-corrected chi connectivity index (χ1v) is 7.26. The molecule has 122 valence electrons. The number of hydrogen-bond acceptors (Lipinski definition) is 4. The maximum atomic E-state index is 12.4. The fourth-order valence-electron chi connectivity index (χ4n) is 2.68. The van der Waals surface area contributed by atoms with E-state index in [1.165, 1.54) is 18.2 Å². The van der Waals surface area contributed by atoms with Gasteiger partial charge in [-0.05, 0) is 37.9 Å². The molecule has 1 aliphatic rings. The maximum Gasteiger partial charge on any atom is 0.283 e. The monoisotopic (exact) mass is 347 g/mol. The normalized spacial score (nSPS) is 24.2. The van der Waals surface area contributed by atoms with Crippen molar-refractivity contribution in [1.82, 2.24) is 10.6 Å². The molecule has 1 aliphatic heterocycles. The number of nitrogens with one attached hydrogen (secondary N) is 2. The highest BCUT2D eigenvalue weighted by molar-refractivity contribution is 6.31. The number of rotatable bonds is 3. The van der Waals surface area contributed by atoms with Crippen LogP contribution in [0.15, 0.2) is 18.2 Å². The molecule has 0 aliphatic carbocycles. The molecular formula is C14H19Cl2N3O3. The summed E-state index contributed by atoms with van der Waals surface area (Å²) in [5.41, 5.74) is -0.238. The Morgan fingerprint density at radius 2 is 2.14 bits per heavy atom. The van der Waals surface area contributed by atoms with Gasteiger partial charge in [0.15, 0.2) is 0 Å². The summed E-state index contributed by atoms with van der Waals surface area (Å²) >= 11 is 5.76. The van der Waals surface area contributed by atoms with Gasteiger partial charge in [0.05, 0.1) is 4.92 Å². The van der Waals surface area contributed by atoms with Crippen molar-refractivity contribution in [3.63, 3.8) is 0 Å². The lowest BCUT2D eigenvalue weighted by Gasteiger charge is -2.35. The summed E-state index contributed by atoms with van der Waals surface area (Å²) in [5, 5.41) is 17.5. The van der Waals surface area contributed by atoms with Crippen LogP contribution in [0.25, 0.3) is 0 Å². The van der Waals surface area contributed by atoms with E-state index in [2.05, 4.69) is 17.6 Å². The topological polar surface area (TPSA) is 84.3 Å². The first-order chi connectivity index (χ1) is 9.90. The summed E-state index contributed by atoms with van der Waals surface area (Å²) < 4.78 is 0. The predicted octanol–water partition coefficient (Wildman–Crippen LogP) is 2.79. The summed E-state index contributed by atoms with van der Waals surface area (Å²) in [7, 11) is 0. The molecule has 3 atom stereocenters. The van der Waals surface area contributed by atoms with E-state index in [9.17, 15) is 14.9 Å². The highest BCUT2D eigenvalue weighted by atomic mass is 35.5. The first-order valence-electron chi connectivity index (χ1n) is 6.88. The zero-order chi connectivity index (χ0) is 15.6. The van der Waals surface area contributed by atoms with Crippen LogP contribution < -0.4 is 10.6 Å². The summed E-state index contributed by atoms with van der Waals surface area (Å²) in [6.45, 7) is 4.98. The fourth-order valence-corrected chi connectivity index (χ4v) is 2.85. The van der Waals surface area contributed by atoms with Crippen molar-refractivity contribution in [1.29, 1.82) is 0 Å². The number of benzene rings is 1. The van der Waals surface area contributed by atoms with Gasteiger partial charge in [-0.15, -0.1) is 12.4 Å². The lowest BCUT2D eigenvalue weighted by atomic mass is 9.89. The molecule has 6 nitrogen and oxygen atoms in total. The number of halogens is 2. The molecule has 3 unspecified atom stereocenters. The second-order valence-electron chi connectivity index (χ2n) is 5.43. The van der Waals surface area contributed by atoms with Crippen LogP contribution in [0.3, 0.4) is 0 Å². The van der Waals surface area contributed by atoms with Crippen molar-refractivity contribution in [3.8, 4) is 0 Å². The second-order valence-corrected chi connectivity index (χ2v) is 5.86. The van der Waals surface area contributed by atoms with Gasteiger partial charge in [-0.1, -0.05) is 18.5 Å². The minimum Gasteiger partial charge on any atom is -0.347 e. The third-order valence-electron chi connectivity index (χ3n) is 3.92. The molecule has 0 aromatic heterocycles. The smallest absolute Gasteiger partial charge is 0.283 e. The highest BCUT2D eigenvalue weighted by Gasteiger charge is 2.30. The van der Waals surface area contributed by atoms with E-state index in [1.54, 1.807) is 0 Å². The molecule has 0 bridgehead atoms. The molecule has 1 aromatic rings. The van der Waals surface area contributed by atoms with Gasteiger partial charge in [0.2, 0.25) is 0 Å². The lowest BCUT2D eigenvalue weighted by molar-refractivity contribution is -0.385. The number of nitrogens with zero attached hydrogens (tertiary/aromatic N) is 1. The fraction of sp³-hybridized carbons (Fsp3) is 0.500. The molecule has 1 amide bonds. The van der Waals surface area contributed by atoms with Gasteiger partial charge in [-0.2, -0.15) is 0 Å². The van der Waals surface area contributed by atoms with Gasteiger partial charge in [-0.3, -0.25) is 14.9 Å². The molecule has 2 rings (SSSR count). The van der Waals surface area contributed by atoms with E-state index < -0.39 is 10.8 Å². The number of hydrogen-bond donors (Lipinski definition) is 2. The summed E-state index contributed by atoms with van der Waals surface area (Å²) in [4.78, 5) is 22.8. The van der Waals surface area contributed by atoms with Crippen LogP contribution in [0.5, 0.6) is 0 Å². The van der Waals surface area contributed by atoms with Crippen LogP contribution >= 0.6 is 24.0 Å². The molecule has 1 heterocycles. The van der Waals surface area contributed by atoms with Crippen LogP contribution in [-0.2, 0) is 0 Å². The third-order valence-corrected chi connectivity index (χ3v) is 4.15. The van der Waals surface area contributed by atoms with E-state index in [0.717, 1.165) is 13.0 Å². The highest BCUT2D eigenvalue weighted by Crippen LogP contribution is 2.24. The Kier molecular flexibility index (Phi) is 6.59. The Balaban J connectivity index is 0.00000242. The maximum absolute atomic E-state index is 12.4. The predicted molar refractivity (Wildman–Crippen MR) is 87.9 cm³/mol. The number of piperidine rings is 1. The van der Waals surface area contributed by atoms with Gasteiger partial charge in [0.1, 0.15) is 5.56 Å². The van der Waals surface area contributed by atoms with Gasteiger partial charge >= 0.3 is 0 Å². The molecule has 8 heteroatoms. The Morgan fingerprint density at radius 3 is 2.73 bits per heavy atom. The molecule has 0 radical (unpaired) electrons. The van der Waals surface area contributed by atoms with E-state index in [1.807, 2.05) is 6.92 Å². The van der Waals surface area contributed by atoms with Gasteiger partial charge in [0, 0.05) is 23.2 Å². The average Bonchev–Trinajstić information content (AvgIpc) is 2.42. The van der Waals surface area contributed by atoms with Gasteiger partial charge in [-0.25, -0.2) is 0 Å². The van der Waals surface area contributed by atoms with Crippen molar-refractivity contribution in [2.45, 2.75) is 32.4 Å². The molecule has 2 N–H and O–H groups in total. The Labute approximate surface area is 140 Å². The second kappa shape index (κ2) is 7.76. The molecule has 1 fully saturated rings. The summed E-state index contributed by atoms with van der Waals surface area (Å²) in [6.07, 6.45) is 0.956. The zero-order valence-electron chi connectivity index (χ0n) is 12.3. The first kappa shape index (κ1) is 18.7. The Morgan fingerprint density at radius 1 is 1.45 bits per heavy atom. The molecule has 1 aromatic carbocycles. The van der Waals surface area contributed by atoms with Crippen molar-refractivity contribution in [3.05, 3.63) is 38.9 Å². The van der Waals surface area contributed by atoms with E-state index in [4.69, 9.17) is 11.6 Å².